The molecule has 1 aromatic heterocycles. The number of alkyl halides is 3. The molecule has 0 atom stereocenters. The molecule has 38 heavy (non-hydrogen) atoms. The van der Waals surface area contributed by atoms with Gasteiger partial charge in [0.25, 0.3) is 5.56 Å². The van der Waals surface area contributed by atoms with Gasteiger partial charge in [-0.05, 0) is 70.0 Å². The highest BCUT2D eigenvalue weighted by Gasteiger charge is 2.30. The Bertz CT molecular complexity index is 1360. The molecular weight excluding hydrogens is 521 g/mol. The van der Waals surface area contributed by atoms with Crippen LogP contribution >= 0.6 is 11.6 Å². The fourth-order valence-electron chi connectivity index (χ4n) is 4.23. The molecule has 0 spiro atoms. The Morgan fingerprint density at radius 3 is 2.26 bits per heavy atom. The molecule has 7 nitrogen and oxygen atoms in total. The van der Waals surface area contributed by atoms with Crippen LogP contribution in [-0.4, -0.2) is 40.4 Å². The lowest BCUT2D eigenvalue weighted by Gasteiger charge is -2.33. The number of nitrogens with zero attached hydrogens (tertiary/aromatic N) is 3. The maximum atomic E-state index is 13.4. The van der Waals surface area contributed by atoms with Crippen LogP contribution in [-0.2, 0) is 10.9 Å². The molecular formula is C27H28ClF3N4O3. The summed E-state index contributed by atoms with van der Waals surface area (Å²) in [5.41, 5.74) is -1.17. The maximum Gasteiger partial charge on any atom is 0.416 e. The third-order valence-corrected chi connectivity index (χ3v) is 6.34. The number of rotatable bonds is 4. The van der Waals surface area contributed by atoms with Crippen LogP contribution in [0.15, 0.2) is 59.4 Å². The molecule has 0 aliphatic carbocycles. The van der Waals surface area contributed by atoms with Crippen molar-refractivity contribution in [2.45, 2.75) is 51.4 Å². The summed E-state index contributed by atoms with van der Waals surface area (Å²) in [5.74, 6) is 0.635. The monoisotopic (exact) mass is 548 g/mol. The van der Waals surface area contributed by atoms with Gasteiger partial charge in [-0.3, -0.25) is 9.36 Å². The Kier molecular flexibility index (Phi) is 7.73. The van der Waals surface area contributed by atoms with Gasteiger partial charge in [-0.15, -0.1) is 0 Å². The van der Waals surface area contributed by atoms with Crippen LogP contribution in [0.4, 0.5) is 23.8 Å². The van der Waals surface area contributed by atoms with Gasteiger partial charge in [0.15, 0.2) is 5.82 Å². The number of hydrogen-bond donors (Lipinski definition) is 1. The van der Waals surface area contributed by atoms with E-state index in [1.165, 1.54) is 22.8 Å². The van der Waals surface area contributed by atoms with Gasteiger partial charge < -0.3 is 15.0 Å². The number of halogens is 4. The van der Waals surface area contributed by atoms with Gasteiger partial charge in [-0.1, -0.05) is 23.7 Å². The van der Waals surface area contributed by atoms with E-state index in [4.69, 9.17) is 21.3 Å². The minimum atomic E-state index is -4.50. The number of benzene rings is 2. The average Bonchev–Trinajstić information content (AvgIpc) is 2.83. The van der Waals surface area contributed by atoms with Crippen molar-refractivity contribution >= 4 is 23.5 Å². The van der Waals surface area contributed by atoms with E-state index in [1.807, 2.05) is 4.90 Å². The molecule has 4 rings (SSSR count). The van der Waals surface area contributed by atoms with Crippen LogP contribution in [0.3, 0.4) is 0 Å². The SMILES string of the molecule is CC(C)(C)OC(=O)NC1CCN(c2cc(=O)n(-c3ccc(C(F)(F)F)cc3)c(-c3ccccc3Cl)n2)CC1. The molecule has 3 aromatic rings. The summed E-state index contributed by atoms with van der Waals surface area (Å²) in [6.45, 7) is 6.44. The first-order valence-corrected chi connectivity index (χ1v) is 12.5. The fraction of sp³-hybridized carbons (Fsp3) is 0.370. The Morgan fingerprint density at radius 1 is 1.05 bits per heavy atom. The Hall–Kier alpha value is -3.53. The first-order valence-electron chi connectivity index (χ1n) is 12.1. The lowest BCUT2D eigenvalue weighted by Crippen LogP contribution is -2.46. The first-order chi connectivity index (χ1) is 17.8. The van der Waals surface area contributed by atoms with E-state index >= 15 is 0 Å². The van der Waals surface area contributed by atoms with Crippen LogP contribution in [0.2, 0.25) is 5.02 Å². The van der Waals surface area contributed by atoms with Gasteiger partial charge in [0.1, 0.15) is 11.4 Å². The molecule has 202 valence electrons. The molecule has 1 aliphatic heterocycles. The molecule has 1 N–H and O–H groups in total. The zero-order valence-electron chi connectivity index (χ0n) is 21.2. The second kappa shape index (κ2) is 10.7. The number of aromatic nitrogens is 2. The normalized spacial score (nSPS) is 14.9. The van der Waals surface area contributed by atoms with Crippen LogP contribution in [0.25, 0.3) is 17.1 Å². The zero-order chi connectivity index (χ0) is 27.7. The molecule has 1 fully saturated rings. The van der Waals surface area contributed by atoms with Crippen molar-refractivity contribution in [1.29, 1.82) is 0 Å². The largest absolute Gasteiger partial charge is 0.444 e. The Labute approximate surface area is 223 Å². The second-order valence-corrected chi connectivity index (χ2v) is 10.5. The van der Waals surface area contributed by atoms with Crippen molar-refractivity contribution < 1.29 is 22.7 Å². The van der Waals surface area contributed by atoms with Crippen molar-refractivity contribution in [3.63, 3.8) is 0 Å². The van der Waals surface area contributed by atoms with E-state index < -0.39 is 29.0 Å². The van der Waals surface area contributed by atoms with E-state index in [-0.39, 0.29) is 17.6 Å². The van der Waals surface area contributed by atoms with Gasteiger partial charge in [0.05, 0.1) is 16.3 Å². The number of carbonyl (C=O) groups excluding carboxylic acids is 1. The van der Waals surface area contributed by atoms with Crippen LogP contribution in [0, 0.1) is 0 Å². The number of amides is 1. The minimum absolute atomic E-state index is 0.0864. The highest BCUT2D eigenvalue weighted by Crippen LogP contribution is 2.32. The Morgan fingerprint density at radius 2 is 1.68 bits per heavy atom. The predicted octanol–water partition coefficient (Wildman–Crippen LogP) is 6.07. The standard InChI is InChI=1S/C27H28ClF3N4O3/c1-26(2,3)38-25(37)32-18-12-14-34(15-13-18)22-16-23(36)35(19-10-8-17(9-11-19)27(29,30)31)24(33-22)20-6-4-5-7-21(20)28/h4-11,16,18H,12-15H2,1-3H3,(H,32,37). The number of piperidine rings is 1. The van der Waals surface area contributed by atoms with E-state index in [2.05, 4.69) is 5.32 Å². The van der Waals surface area contributed by atoms with Crippen molar-refractivity contribution in [3.05, 3.63) is 75.5 Å². The summed E-state index contributed by atoms with van der Waals surface area (Å²) in [5, 5.41) is 3.22. The van der Waals surface area contributed by atoms with Gasteiger partial charge in [-0.2, -0.15) is 13.2 Å². The summed E-state index contributed by atoms with van der Waals surface area (Å²) in [6.07, 6.45) is -3.75. The summed E-state index contributed by atoms with van der Waals surface area (Å²) >= 11 is 6.44. The first kappa shape index (κ1) is 27.5. The predicted molar refractivity (Wildman–Crippen MR) is 140 cm³/mol. The molecule has 11 heteroatoms. The molecule has 0 radical (unpaired) electrons. The van der Waals surface area contributed by atoms with Crippen LogP contribution in [0.1, 0.15) is 39.2 Å². The maximum absolute atomic E-state index is 13.4. The third kappa shape index (κ3) is 6.48. The summed E-state index contributed by atoms with van der Waals surface area (Å²) in [4.78, 5) is 32.2. The highest BCUT2D eigenvalue weighted by atomic mass is 35.5. The quantitative estimate of drug-likeness (QED) is 0.428. The number of ether oxygens (including phenoxy) is 1. The average molecular weight is 549 g/mol. The molecule has 1 saturated heterocycles. The van der Waals surface area contributed by atoms with Crippen LogP contribution in [0.5, 0.6) is 0 Å². The van der Waals surface area contributed by atoms with E-state index in [9.17, 15) is 22.8 Å². The molecule has 1 aliphatic rings. The Balaban J connectivity index is 1.64. The number of hydrogen-bond acceptors (Lipinski definition) is 5. The summed E-state index contributed by atoms with van der Waals surface area (Å²) in [7, 11) is 0. The summed E-state index contributed by atoms with van der Waals surface area (Å²) in [6, 6.07) is 12.4. The number of carbonyl (C=O) groups is 1. The molecule has 0 saturated carbocycles. The van der Waals surface area contributed by atoms with Gasteiger partial charge in [0.2, 0.25) is 0 Å². The van der Waals surface area contributed by atoms with Crippen molar-refractivity contribution in [2.75, 3.05) is 18.0 Å². The number of nitrogens with one attached hydrogen (secondary N) is 1. The van der Waals surface area contributed by atoms with Crippen molar-refractivity contribution in [3.8, 4) is 17.1 Å². The van der Waals surface area contributed by atoms with Gasteiger partial charge >= 0.3 is 12.3 Å². The smallest absolute Gasteiger partial charge is 0.416 e. The van der Waals surface area contributed by atoms with E-state index in [0.29, 0.717) is 42.3 Å². The number of anilines is 1. The molecule has 0 bridgehead atoms. The fourth-order valence-corrected chi connectivity index (χ4v) is 4.45. The zero-order valence-corrected chi connectivity index (χ0v) is 21.9. The molecule has 2 heterocycles. The molecule has 1 amide bonds. The lowest BCUT2D eigenvalue weighted by molar-refractivity contribution is -0.137. The van der Waals surface area contributed by atoms with Crippen molar-refractivity contribution in [2.24, 2.45) is 0 Å². The van der Waals surface area contributed by atoms with Crippen molar-refractivity contribution in [1.82, 2.24) is 14.9 Å². The number of alkyl carbamates (subject to hydrolysis) is 1. The second-order valence-electron chi connectivity index (χ2n) is 10.0. The van der Waals surface area contributed by atoms with Gasteiger partial charge in [0, 0.05) is 30.8 Å². The molecule has 0 unspecified atom stereocenters. The van der Waals surface area contributed by atoms with Gasteiger partial charge in [-0.25, -0.2) is 9.78 Å². The molecule has 2 aromatic carbocycles. The topological polar surface area (TPSA) is 76.5 Å². The van der Waals surface area contributed by atoms with Crippen LogP contribution < -0.4 is 15.8 Å². The minimum Gasteiger partial charge on any atom is -0.444 e. The highest BCUT2D eigenvalue weighted by molar-refractivity contribution is 6.33. The lowest BCUT2D eigenvalue weighted by atomic mass is 10.1. The van der Waals surface area contributed by atoms with E-state index in [0.717, 1.165) is 12.1 Å². The summed E-state index contributed by atoms with van der Waals surface area (Å²) < 4.78 is 45.9. The third-order valence-electron chi connectivity index (χ3n) is 6.01. The van der Waals surface area contributed by atoms with E-state index in [1.54, 1.807) is 45.0 Å².